The number of aliphatic hydroxyl groups is 1. The number of hydrogen-bond acceptors (Lipinski definition) is 1. The molecule has 2 aromatic rings. The number of halogens is 1. The van der Waals surface area contributed by atoms with Crippen LogP contribution in [-0.2, 0) is 12.8 Å². The highest BCUT2D eigenvalue weighted by Crippen LogP contribution is 2.20. The summed E-state index contributed by atoms with van der Waals surface area (Å²) in [5.41, 5.74) is 2.85. The van der Waals surface area contributed by atoms with E-state index in [0.29, 0.717) is 12.8 Å². The van der Waals surface area contributed by atoms with Crippen LogP contribution in [0.5, 0.6) is 0 Å². The summed E-state index contributed by atoms with van der Waals surface area (Å²) in [4.78, 5) is 0. The SMILES string of the molecule is Cc1ccc(CC(C)(O)Cc2ccc(Br)cc2)cc1. The van der Waals surface area contributed by atoms with Gasteiger partial charge in [0.15, 0.2) is 0 Å². The van der Waals surface area contributed by atoms with Crippen LogP contribution in [0, 0.1) is 6.92 Å². The Labute approximate surface area is 123 Å². The van der Waals surface area contributed by atoms with E-state index < -0.39 is 5.60 Å². The highest BCUT2D eigenvalue weighted by molar-refractivity contribution is 9.10. The monoisotopic (exact) mass is 318 g/mol. The molecule has 19 heavy (non-hydrogen) atoms. The molecule has 0 radical (unpaired) electrons. The van der Waals surface area contributed by atoms with E-state index in [2.05, 4.69) is 47.1 Å². The van der Waals surface area contributed by atoms with Crippen molar-refractivity contribution >= 4 is 15.9 Å². The lowest BCUT2D eigenvalue weighted by Gasteiger charge is -2.23. The molecule has 1 nitrogen and oxygen atoms in total. The minimum atomic E-state index is -0.719. The van der Waals surface area contributed by atoms with Gasteiger partial charge in [-0.3, -0.25) is 0 Å². The predicted molar refractivity (Wildman–Crippen MR) is 83.4 cm³/mol. The van der Waals surface area contributed by atoms with Crippen LogP contribution in [0.1, 0.15) is 23.6 Å². The molecule has 1 unspecified atom stereocenters. The van der Waals surface area contributed by atoms with Crippen molar-refractivity contribution in [3.63, 3.8) is 0 Å². The average Bonchev–Trinajstić information content (AvgIpc) is 2.34. The van der Waals surface area contributed by atoms with E-state index in [4.69, 9.17) is 0 Å². The molecule has 0 saturated carbocycles. The van der Waals surface area contributed by atoms with Crippen molar-refractivity contribution < 1.29 is 5.11 Å². The summed E-state index contributed by atoms with van der Waals surface area (Å²) >= 11 is 3.42. The first-order chi connectivity index (χ1) is 8.94. The summed E-state index contributed by atoms with van der Waals surface area (Å²) in [6, 6.07) is 16.5. The zero-order valence-electron chi connectivity index (χ0n) is 11.4. The van der Waals surface area contributed by atoms with Gasteiger partial charge in [0, 0.05) is 17.3 Å². The highest BCUT2D eigenvalue weighted by Gasteiger charge is 2.21. The third kappa shape index (κ3) is 4.48. The van der Waals surface area contributed by atoms with Crippen LogP contribution in [-0.4, -0.2) is 10.7 Å². The number of benzene rings is 2. The van der Waals surface area contributed by atoms with E-state index in [1.807, 2.05) is 31.2 Å². The molecule has 0 amide bonds. The molecule has 0 bridgehead atoms. The van der Waals surface area contributed by atoms with E-state index in [0.717, 1.165) is 10.0 Å². The Bertz CT molecular complexity index is 477. The maximum Gasteiger partial charge on any atom is 0.0700 e. The van der Waals surface area contributed by atoms with E-state index in [1.54, 1.807) is 0 Å². The quantitative estimate of drug-likeness (QED) is 0.891. The summed E-state index contributed by atoms with van der Waals surface area (Å²) in [5, 5.41) is 10.5. The Morgan fingerprint density at radius 2 is 1.32 bits per heavy atom. The van der Waals surface area contributed by atoms with Gasteiger partial charge in [-0.1, -0.05) is 57.9 Å². The Morgan fingerprint density at radius 1 is 0.895 bits per heavy atom. The summed E-state index contributed by atoms with van der Waals surface area (Å²) in [6.45, 7) is 3.97. The van der Waals surface area contributed by atoms with Gasteiger partial charge in [0.2, 0.25) is 0 Å². The summed E-state index contributed by atoms with van der Waals surface area (Å²) in [6.07, 6.45) is 1.33. The lowest BCUT2D eigenvalue weighted by atomic mass is 9.89. The Kier molecular flexibility index (Phi) is 4.43. The lowest BCUT2D eigenvalue weighted by Crippen LogP contribution is -2.30. The summed E-state index contributed by atoms with van der Waals surface area (Å²) in [5.74, 6) is 0. The fourth-order valence-corrected chi connectivity index (χ4v) is 2.51. The van der Waals surface area contributed by atoms with E-state index in [1.165, 1.54) is 11.1 Å². The van der Waals surface area contributed by atoms with Crippen molar-refractivity contribution in [2.45, 2.75) is 32.3 Å². The molecule has 1 N–H and O–H groups in total. The molecule has 0 aromatic heterocycles. The van der Waals surface area contributed by atoms with E-state index in [9.17, 15) is 5.11 Å². The van der Waals surface area contributed by atoms with Gasteiger partial charge >= 0.3 is 0 Å². The third-order valence-corrected chi connectivity index (χ3v) is 3.73. The normalized spacial score (nSPS) is 14.1. The molecule has 0 aliphatic rings. The first-order valence-electron chi connectivity index (χ1n) is 6.47. The maximum atomic E-state index is 10.5. The zero-order chi connectivity index (χ0) is 13.9. The van der Waals surface area contributed by atoms with Crippen LogP contribution in [0.4, 0.5) is 0 Å². The van der Waals surface area contributed by atoms with Gasteiger partial charge < -0.3 is 5.11 Å². The Morgan fingerprint density at radius 3 is 1.79 bits per heavy atom. The molecule has 0 aliphatic carbocycles. The molecule has 2 heteroatoms. The molecule has 0 aliphatic heterocycles. The molecule has 2 rings (SSSR count). The van der Waals surface area contributed by atoms with Crippen LogP contribution in [0.15, 0.2) is 53.0 Å². The van der Waals surface area contributed by atoms with Gasteiger partial charge in [-0.2, -0.15) is 0 Å². The molecule has 0 spiro atoms. The molecular formula is C17H19BrO. The molecule has 0 heterocycles. The average molecular weight is 319 g/mol. The van der Waals surface area contributed by atoms with Gasteiger partial charge in [0.1, 0.15) is 0 Å². The van der Waals surface area contributed by atoms with Crippen molar-refractivity contribution in [2.24, 2.45) is 0 Å². The van der Waals surface area contributed by atoms with Crippen LogP contribution >= 0.6 is 15.9 Å². The first-order valence-corrected chi connectivity index (χ1v) is 7.26. The second kappa shape index (κ2) is 5.89. The zero-order valence-corrected chi connectivity index (χ0v) is 12.9. The maximum absolute atomic E-state index is 10.5. The van der Waals surface area contributed by atoms with Crippen molar-refractivity contribution in [1.29, 1.82) is 0 Å². The summed E-state index contributed by atoms with van der Waals surface area (Å²) in [7, 11) is 0. The molecule has 100 valence electrons. The van der Waals surface area contributed by atoms with Crippen molar-refractivity contribution in [3.8, 4) is 0 Å². The fraction of sp³-hybridized carbons (Fsp3) is 0.294. The Hall–Kier alpha value is -1.12. The van der Waals surface area contributed by atoms with Gasteiger partial charge in [-0.15, -0.1) is 0 Å². The second-order valence-corrected chi connectivity index (χ2v) is 6.38. The molecular weight excluding hydrogens is 300 g/mol. The van der Waals surface area contributed by atoms with Gasteiger partial charge in [0.05, 0.1) is 5.60 Å². The van der Waals surface area contributed by atoms with Gasteiger partial charge in [-0.05, 0) is 37.1 Å². The number of rotatable bonds is 4. The minimum absolute atomic E-state index is 0.661. The van der Waals surface area contributed by atoms with Crippen LogP contribution in [0.3, 0.4) is 0 Å². The number of hydrogen-bond donors (Lipinski definition) is 1. The highest BCUT2D eigenvalue weighted by atomic mass is 79.9. The topological polar surface area (TPSA) is 20.2 Å². The standard InChI is InChI=1S/C17H19BrO/c1-13-3-5-14(6-4-13)11-17(2,19)12-15-7-9-16(18)10-8-15/h3-10,19H,11-12H2,1-2H3. The predicted octanol–water partition coefficient (Wildman–Crippen LogP) is 4.29. The van der Waals surface area contributed by atoms with E-state index >= 15 is 0 Å². The van der Waals surface area contributed by atoms with Crippen molar-refractivity contribution in [3.05, 3.63) is 69.7 Å². The van der Waals surface area contributed by atoms with Gasteiger partial charge in [0.25, 0.3) is 0 Å². The molecule has 1 atom stereocenters. The largest absolute Gasteiger partial charge is 0.389 e. The van der Waals surface area contributed by atoms with Crippen LogP contribution in [0.25, 0.3) is 0 Å². The molecule has 0 fully saturated rings. The van der Waals surface area contributed by atoms with Crippen LogP contribution in [0.2, 0.25) is 0 Å². The van der Waals surface area contributed by atoms with Crippen LogP contribution < -0.4 is 0 Å². The lowest BCUT2D eigenvalue weighted by molar-refractivity contribution is 0.0608. The second-order valence-electron chi connectivity index (χ2n) is 5.46. The molecule has 2 aromatic carbocycles. The third-order valence-electron chi connectivity index (χ3n) is 3.20. The smallest absolute Gasteiger partial charge is 0.0700 e. The Balaban J connectivity index is 2.05. The van der Waals surface area contributed by atoms with Gasteiger partial charge in [-0.25, -0.2) is 0 Å². The summed E-state index contributed by atoms with van der Waals surface area (Å²) < 4.78 is 1.06. The number of aryl methyl sites for hydroxylation is 1. The first kappa shape index (κ1) is 14.3. The molecule has 0 saturated heterocycles. The minimum Gasteiger partial charge on any atom is -0.389 e. The van der Waals surface area contributed by atoms with E-state index in [-0.39, 0.29) is 0 Å². The van der Waals surface area contributed by atoms with Crippen molar-refractivity contribution in [2.75, 3.05) is 0 Å². The fourth-order valence-electron chi connectivity index (χ4n) is 2.25. The van der Waals surface area contributed by atoms with Crippen molar-refractivity contribution in [1.82, 2.24) is 0 Å².